The van der Waals surface area contributed by atoms with Crippen molar-refractivity contribution in [3.8, 4) is 5.75 Å². The van der Waals surface area contributed by atoms with Crippen LogP contribution in [0, 0.1) is 0 Å². The second-order valence-electron chi connectivity index (χ2n) is 5.09. The monoisotopic (exact) mass is 300 g/mol. The van der Waals surface area contributed by atoms with Crippen LogP contribution >= 0.6 is 0 Å². The molecule has 0 atom stereocenters. The maximum atomic E-state index is 11.8. The van der Waals surface area contributed by atoms with E-state index >= 15 is 0 Å². The first-order valence-corrected chi connectivity index (χ1v) is 7.08. The molecule has 6 nitrogen and oxygen atoms in total. The van der Waals surface area contributed by atoms with Crippen molar-refractivity contribution >= 4 is 17.5 Å². The molecular formula is C16H16N2O4. The predicted molar refractivity (Wildman–Crippen MR) is 79.8 cm³/mol. The molecule has 114 valence electrons. The molecule has 2 N–H and O–H groups in total. The van der Waals surface area contributed by atoms with Crippen LogP contribution in [0.4, 0.5) is 5.69 Å². The smallest absolute Gasteiger partial charge is 0.291 e. The Balaban J connectivity index is 1.49. The van der Waals surface area contributed by atoms with Crippen molar-refractivity contribution < 1.29 is 18.7 Å². The van der Waals surface area contributed by atoms with E-state index in [4.69, 9.17) is 9.15 Å². The number of hydrogen-bond acceptors (Lipinski definition) is 4. The Morgan fingerprint density at radius 1 is 1.18 bits per heavy atom. The van der Waals surface area contributed by atoms with Crippen LogP contribution in [0.2, 0.25) is 0 Å². The second-order valence-corrected chi connectivity index (χ2v) is 5.09. The fraction of sp³-hybridized carbons (Fsp3) is 0.250. The fourth-order valence-corrected chi connectivity index (χ4v) is 1.88. The van der Waals surface area contributed by atoms with Crippen molar-refractivity contribution in [1.82, 2.24) is 5.32 Å². The molecule has 3 rings (SSSR count). The summed E-state index contributed by atoms with van der Waals surface area (Å²) in [6.07, 6.45) is 3.55. The molecule has 0 bridgehead atoms. The highest BCUT2D eigenvalue weighted by Crippen LogP contribution is 2.19. The Morgan fingerprint density at radius 3 is 2.59 bits per heavy atom. The molecule has 1 saturated carbocycles. The fourth-order valence-electron chi connectivity index (χ4n) is 1.88. The van der Waals surface area contributed by atoms with E-state index in [0.29, 0.717) is 17.5 Å². The largest absolute Gasteiger partial charge is 0.484 e. The van der Waals surface area contributed by atoms with Crippen molar-refractivity contribution in [2.24, 2.45) is 0 Å². The topological polar surface area (TPSA) is 80.6 Å². The Morgan fingerprint density at radius 2 is 1.95 bits per heavy atom. The van der Waals surface area contributed by atoms with E-state index in [9.17, 15) is 9.59 Å². The average Bonchev–Trinajstić information content (AvgIpc) is 3.16. The second kappa shape index (κ2) is 6.34. The van der Waals surface area contributed by atoms with E-state index in [0.717, 1.165) is 12.8 Å². The molecule has 0 spiro atoms. The van der Waals surface area contributed by atoms with Gasteiger partial charge in [0.1, 0.15) is 5.75 Å². The summed E-state index contributed by atoms with van der Waals surface area (Å²) in [6, 6.07) is 10.4. The lowest BCUT2D eigenvalue weighted by Crippen LogP contribution is -2.30. The molecule has 1 heterocycles. The first-order chi connectivity index (χ1) is 10.7. The summed E-state index contributed by atoms with van der Waals surface area (Å²) in [4.78, 5) is 23.3. The molecule has 0 unspecified atom stereocenters. The van der Waals surface area contributed by atoms with Crippen LogP contribution in [0.3, 0.4) is 0 Å². The van der Waals surface area contributed by atoms with Gasteiger partial charge in [0.05, 0.1) is 6.26 Å². The van der Waals surface area contributed by atoms with Crippen LogP contribution in [0.5, 0.6) is 5.75 Å². The van der Waals surface area contributed by atoms with Crippen LogP contribution in [0.25, 0.3) is 0 Å². The number of carbonyl (C=O) groups is 2. The lowest BCUT2D eigenvalue weighted by molar-refractivity contribution is -0.123. The van der Waals surface area contributed by atoms with E-state index in [1.807, 2.05) is 0 Å². The third-order valence-electron chi connectivity index (χ3n) is 3.17. The minimum absolute atomic E-state index is 0.00536. The molecule has 0 aliphatic heterocycles. The molecule has 22 heavy (non-hydrogen) atoms. The Kier molecular flexibility index (Phi) is 4.09. The van der Waals surface area contributed by atoms with Gasteiger partial charge in [0.15, 0.2) is 12.4 Å². The number of nitrogens with one attached hydrogen (secondary N) is 2. The van der Waals surface area contributed by atoms with Gasteiger partial charge in [-0.15, -0.1) is 0 Å². The van der Waals surface area contributed by atoms with Gasteiger partial charge in [-0.05, 0) is 49.2 Å². The maximum absolute atomic E-state index is 11.8. The number of rotatable bonds is 6. The van der Waals surface area contributed by atoms with Crippen molar-refractivity contribution in [3.05, 3.63) is 48.4 Å². The molecule has 2 aromatic rings. The first-order valence-electron chi connectivity index (χ1n) is 7.08. The molecule has 2 amide bonds. The van der Waals surface area contributed by atoms with Crippen molar-refractivity contribution in [1.29, 1.82) is 0 Å². The molecule has 1 aromatic carbocycles. The minimum Gasteiger partial charge on any atom is -0.484 e. The number of benzene rings is 1. The summed E-state index contributed by atoms with van der Waals surface area (Å²) < 4.78 is 10.4. The molecule has 1 aromatic heterocycles. The molecule has 1 aliphatic carbocycles. The Labute approximate surface area is 127 Å². The van der Waals surface area contributed by atoms with Crippen LogP contribution in [-0.2, 0) is 4.79 Å². The highest BCUT2D eigenvalue weighted by molar-refractivity contribution is 6.02. The number of amides is 2. The van der Waals surface area contributed by atoms with Crippen LogP contribution in [0.15, 0.2) is 47.1 Å². The lowest BCUT2D eigenvalue weighted by atomic mass is 10.3. The molecular weight excluding hydrogens is 284 g/mol. The number of ether oxygens (including phenoxy) is 1. The number of hydrogen-bond donors (Lipinski definition) is 2. The molecule has 1 aliphatic rings. The summed E-state index contributed by atoms with van der Waals surface area (Å²) in [6.45, 7) is -0.00536. The van der Waals surface area contributed by atoms with Crippen LogP contribution < -0.4 is 15.4 Å². The van der Waals surface area contributed by atoms with E-state index in [1.54, 1.807) is 36.4 Å². The van der Waals surface area contributed by atoms with Gasteiger partial charge in [0.2, 0.25) is 0 Å². The summed E-state index contributed by atoms with van der Waals surface area (Å²) >= 11 is 0. The van der Waals surface area contributed by atoms with Gasteiger partial charge in [-0.25, -0.2) is 0 Å². The molecule has 1 fully saturated rings. The van der Waals surface area contributed by atoms with Crippen LogP contribution in [0.1, 0.15) is 23.4 Å². The summed E-state index contributed by atoms with van der Waals surface area (Å²) in [7, 11) is 0. The van der Waals surface area contributed by atoms with E-state index in [1.165, 1.54) is 6.26 Å². The number of carbonyl (C=O) groups excluding carboxylic acids is 2. The van der Waals surface area contributed by atoms with E-state index < -0.39 is 0 Å². The lowest BCUT2D eigenvalue weighted by Gasteiger charge is -2.08. The Bertz CT molecular complexity index is 645. The van der Waals surface area contributed by atoms with E-state index in [-0.39, 0.29) is 24.2 Å². The molecule has 6 heteroatoms. The highest BCUT2D eigenvalue weighted by Gasteiger charge is 2.23. The zero-order valence-electron chi connectivity index (χ0n) is 11.9. The quantitative estimate of drug-likeness (QED) is 0.857. The van der Waals surface area contributed by atoms with Gasteiger partial charge in [0.25, 0.3) is 11.8 Å². The Hall–Kier alpha value is -2.76. The van der Waals surface area contributed by atoms with E-state index in [2.05, 4.69) is 10.6 Å². The standard InChI is InChI=1S/C16H16N2O4/c19-15(17-11-3-4-11)10-22-13-7-5-12(6-8-13)18-16(20)14-2-1-9-21-14/h1-2,5-9,11H,3-4,10H2,(H,17,19)(H,18,20). The first kappa shape index (κ1) is 14.2. The molecule has 0 radical (unpaired) electrons. The van der Waals surface area contributed by atoms with Crippen molar-refractivity contribution in [3.63, 3.8) is 0 Å². The molecule has 0 saturated heterocycles. The highest BCUT2D eigenvalue weighted by atomic mass is 16.5. The van der Waals surface area contributed by atoms with Crippen LogP contribution in [-0.4, -0.2) is 24.5 Å². The average molecular weight is 300 g/mol. The summed E-state index contributed by atoms with van der Waals surface area (Å²) in [5, 5.41) is 5.55. The van der Waals surface area contributed by atoms with Gasteiger partial charge >= 0.3 is 0 Å². The normalized spacial score (nSPS) is 13.5. The van der Waals surface area contributed by atoms with Gasteiger partial charge < -0.3 is 19.8 Å². The zero-order valence-corrected chi connectivity index (χ0v) is 11.9. The SMILES string of the molecule is O=C(COc1ccc(NC(=O)c2ccco2)cc1)NC1CC1. The van der Waals surface area contributed by atoms with Gasteiger partial charge in [-0.1, -0.05) is 0 Å². The summed E-state index contributed by atoms with van der Waals surface area (Å²) in [5.74, 6) is 0.388. The predicted octanol–water partition coefficient (Wildman–Crippen LogP) is 2.19. The number of anilines is 1. The maximum Gasteiger partial charge on any atom is 0.291 e. The summed E-state index contributed by atoms with van der Waals surface area (Å²) in [5.41, 5.74) is 0.621. The third kappa shape index (κ3) is 3.88. The van der Waals surface area contributed by atoms with Gasteiger partial charge in [-0.3, -0.25) is 9.59 Å². The minimum atomic E-state index is -0.317. The van der Waals surface area contributed by atoms with Crippen molar-refractivity contribution in [2.75, 3.05) is 11.9 Å². The van der Waals surface area contributed by atoms with Crippen molar-refractivity contribution in [2.45, 2.75) is 18.9 Å². The van der Waals surface area contributed by atoms with Gasteiger partial charge in [0, 0.05) is 11.7 Å². The number of furan rings is 1. The zero-order chi connectivity index (χ0) is 15.4. The third-order valence-corrected chi connectivity index (χ3v) is 3.17. The van der Waals surface area contributed by atoms with Gasteiger partial charge in [-0.2, -0.15) is 0 Å².